The Hall–Kier alpha value is -2.70. The zero-order valence-corrected chi connectivity index (χ0v) is 16.7. The van der Waals surface area contributed by atoms with Crippen molar-refractivity contribution in [2.75, 3.05) is 39.8 Å². The first-order chi connectivity index (χ1) is 14.1. The van der Waals surface area contributed by atoms with E-state index in [2.05, 4.69) is 26.9 Å². The normalized spacial score (nSPS) is 24.8. The smallest absolute Gasteiger partial charge is 0.312 e. The molecule has 2 aliphatic rings. The molecule has 2 atom stereocenters. The number of aliphatic carboxylic acids is 1. The largest absolute Gasteiger partial charge is 0.497 e. The number of pyridine rings is 1. The zero-order valence-electron chi connectivity index (χ0n) is 16.7. The SMILES string of the molecule is COc1ccc(C=CCN2C[C@@H]3CN(Cc4ccncc4)C[C@]3(C(=O)O)C2)cc1. The van der Waals surface area contributed by atoms with Crippen LogP contribution in [0.25, 0.3) is 6.08 Å². The van der Waals surface area contributed by atoms with Crippen molar-refractivity contribution >= 4 is 12.0 Å². The van der Waals surface area contributed by atoms with Crippen molar-refractivity contribution < 1.29 is 14.6 Å². The van der Waals surface area contributed by atoms with Gasteiger partial charge in [0.2, 0.25) is 0 Å². The van der Waals surface area contributed by atoms with Crippen molar-refractivity contribution in [1.29, 1.82) is 0 Å². The highest BCUT2D eigenvalue weighted by Crippen LogP contribution is 2.43. The van der Waals surface area contributed by atoms with Crippen LogP contribution < -0.4 is 4.74 Å². The number of nitrogens with zero attached hydrogens (tertiary/aromatic N) is 3. The summed E-state index contributed by atoms with van der Waals surface area (Å²) in [5, 5.41) is 10.0. The summed E-state index contributed by atoms with van der Waals surface area (Å²) >= 11 is 0. The van der Waals surface area contributed by atoms with E-state index in [1.165, 1.54) is 5.56 Å². The van der Waals surface area contributed by atoms with E-state index in [0.717, 1.165) is 37.5 Å². The average Bonchev–Trinajstić information content (AvgIpc) is 3.24. The van der Waals surface area contributed by atoms with Crippen LogP contribution in [0.4, 0.5) is 0 Å². The van der Waals surface area contributed by atoms with E-state index >= 15 is 0 Å². The van der Waals surface area contributed by atoms with Gasteiger partial charge in [-0.15, -0.1) is 0 Å². The van der Waals surface area contributed by atoms with Gasteiger partial charge in [-0.25, -0.2) is 0 Å². The third-order valence-corrected chi connectivity index (χ3v) is 6.12. The molecule has 152 valence electrons. The van der Waals surface area contributed by atoms with E-state index in [1.807, 2.05) is 36.4 Å². The van der Waals surface area contributed by atoms with Gasteiger partial charge in [0.15, 0.2) is 0 Å². The van der Waals surface area contributed by atoms with Crippen LogP contribution in [0.1, 0.15) is 11.1 Å². The maximum atomic E-state index is 12.2. The highest BCUT2D eigenvalue weighted by Gasteiger charge is 2.57. The number of hydrogen-bond donors (Lipinski definition) is 1. The van der Waals surface area contributed by atoms with Crippen LogP contribution in [0.3, 0.4) is 0 Å². The summed E-state index contributed by atoms with van der Waals surface area (Å²) in [4.78, 5) is 20.8. The van der Waals surface area contributed by atoms with Gasteiger partial charge in [0.1, 0.15) is 5.75 Å². The van der Waals surface area contributed by atoms with Crippen molar-refractivity contribution in [2.45, 2.75) is 6.54 Å². The third kappa shape index (κ3) is 4.18. The van der Waals surface area contributed by atoms with Gasteiger partial charge in [0, 0.05) is 57.6 Å². The first-order valence-electron chi connectivity index (χ1n) is 9.97. The van der Waals surface area contributed by atoms with E-state index in [-0.39, 0.29) is 5.92 Å². The van der Waals surface area contributed by atoms with Gasteiger partial charge < -0.3 is 9.84 Å². The Labute approximate surface area is 171 Å². The van der Waals surface area contributed by atoms with Crippen LogP contribution in [-0.4, -0.2) is 65.7 Å². The summed E-state index contributed by atoms with van der Waals surface area (Å²) in [6.45, 7) is 4.41. The summed E-state index contributed by atoms with van der Waals surface area (Å²) in [6, 6.07) is 11.9. The second kappa shape index (κ2) is 8.35. The minimum Gasteiger partial charge on any atom is -0.497 e. The lowest BCUT2D eigenvalue weighted by Gasteiger charge is -2.25. The second-order valence-corrected chi connectivity index (χ2v) is 8.05. The lowest BCUT2D eigenvalue weighted by molar-refractivity contribution is -0.148. The summed E-state index contributed by atoms with van der Waals surface area (Å²) < 4.78 is 5.18. The van der Waals surface area contributed by atoms with Gasteiger partial charge in [0.25, 0.3) is 0 Å². The van der Waals surface area contributed by atoms with Gasteiger partial charge in [-0.1, -0.05) is 24.3 Å². The van der Waals surface area contributed by atoms with Crippen LogP contribution >= 0.6 is 0 Å². The molecule has 3 heterocycles. The van der Waals surface area contributed by atoms with Crippen LogP contribution in [0.15, 0.2) is 54.9 Å². The average molecular weight is 393 g/mol. The molecule has 0 bridgehead atoms. The number of methoxy groups -OCH3 is 1. The molecule has 0 amide bonds. The number of aromatic nitrogens is 1. The van der Waals surface area contributed by atoms with Crippen molar-refractivity contribution in [3.63, 3.8) is 0 Å². The van der Waals surface area contributed by atoms with Gasteiger partial charge >= 0.3 is 5.97 Å². The van der Waals surface area contributed by atoms with E-state index in [9.17, 15) is 9.90 Å². The molecule has 1 aromatic heterocycles. The van der Waals surface area contributed by atoms with E-state index < -0.39 is 11.4 Å². The van der Waals surface area contributed by atoms with Gasteiger partial charge in [-0.05, 0) is 35.4 Å². The molecule has 2 aliphatic heterocycles. The van der Waals surface area contributed by atoms with Crippen molar-refractivity contribution in [2.24, 2.45) is 11.3 Å². The molecular weight excluding hydrogens is 366 g/mol. The fourth-order valence-electron chi connectivity index (χ4n) is 4.63. The van der Waals surface area contributed by atoms with Crippen LogP contribution in [-0.2, 0) is 11.3 Å². The molecule has 1 N–H and O–H groups in total. The summed E-state index contributed by atoms with van der Waals surface area (Å²) in [6.07, 6.45) is 7.77. The summed E-state index contributed by atoms with van der Waals surface area (Å²) in [5.74, 6) is 0.340. The molecule has 2 saturated heterocycles. The number of ether oxygens (including phenoxy) is 1. The van der Waals surface area contributed by atoms with Crippen molar-refractivity contribution in [1.82, 2.24) is 14.8 Å². The quantitative estimate of drug-likeness (QED) is 0.780. The Balaban J connectivity index is 1.36. The Morgan fingerprint density at radius 1 is 1.17 bits per heavy atom. The maximum Gasteiger partial charge on any atom is 0.312 e. The second-order valence-electron chi connectivity index (χ2n) is 8.05. The molecule has 0 radical (unpaired) electrons. The highest BCUT2D eigenvalue weighted by molar-refractivity contribution is 5.77. The highest BCUT2D eigenvalue weighted by atomic mass is 16.5. The molecule has 2 fully saturated rings. The standard InChI is InChI=1S/C23H27N3O3/c1-29-21-6-4-18(5-7-21)3-2-12-25-14-20-15-26(13-19-8-10-24-11-9-19)17-23(20,16-25)22(27)28/h2-11,20H,12-17H2,1H3,(H,27,28)/t20-,23-/m1/s1. The Bertz CT molecular complexity index is 869. The van der Waals surface area contributed by atoms with Crippen molar-refractivity contribution in [3.8, 4) is 5.75 Å². The molecule has 1 aromatic carbocycles. The predicted molar refractivity (Wildman–Crippen MR) is 112 cm³/mol. The van der Waals surface area contributed by atoms with Crippen LogP contribution in [0.2, 0.25) is 0 Å². The van der Waals surface area contributed by atoms with E-state index in [4.69, 9.17) is 4.74 Å². The zero-order chi connectivity index (χ0) is 20.3. The molecule has 0 unspecified atom stereocenters. The molecule has 0 saturated carbocycles. The Morgan fingerprint density at radius 3 is 2.52 bits per heavy atom. The lowest BCUT2D eigenvalue weighted by atomic mass is 9.81. The lowest BCUT2D eigenvalue weighted by Crippen LogP contribution is -2.40. The van der Waals surface area contributed by atoms with Crippen molar-refractivity contribution in [3.05, 3.63) is 66.0 Å². The fraction of sp³-hybridized carbons (Fsp3) is 0.391. The predicted octanol–water partition coefficient (Wildman–Crippen LogP) is 2.62. The first-order valence-corrected chi connectivity index (χ1v) is 9.97. The fourth-order valence-corrected chi connectivity index (χ4v) is 4.63. The molecular formula is C23H27N3O3. The van der Waals surface area contributed by atoms with Crippen LogP contribution in [0, 0.1) is 11.3 Å². The van der Waals surface area contributed by atoms with E-state index in [0.29, 0.717) is 13.1 Å². The molecule has 4 rings (SSSR count). The van der Waals surface area contributed by atoms with E-state index in [1.54, 1.807) is 19.5 Å². The molecule has 2 aromatic rings. The molecule has 0 aliphatic carbocycles. The number of rotatable bonds is 7. The minimum atomic E-state index is -0.666. The first kappa shape index (κ1) is 19.6. The summed E-state index contributed by atoms with van der Waals surface area (Å²) in [7, 11) is 1.66. The number of hydrogen-bond acceptors (Lipinski definition) is 5. The Kier molecular flexibility index (Phi) is 5.65. The number of fused-ring (bicyclic) bond motifs is 1. The number of carboxylic acid groups (broad SMARTS) is 1. The monoisotopic (exact) mass is 393 g/mol. The molecule has 6 nitrogen and oxygen atoms in total. The maximum absolute atomic E-state index is 12.2. The topological polar surface area (TPSA) is 65.9 Å². The minimum absolute atomic E-state index is 0.163. The molecule has 0 spiro atoms. The number of carboxylic acids is 1. The third-order valence-electron chi connectivity index (χ3n) is 6.12. The van der Waals surface area contributed by atoms with Gasteiger partial charge in [-0.3, -0.25) is 19.6 Å². The number of benzene rings is 1. The number of carbonyl (C=O) groups is 1. The van der Waals surface area contributed by atoms with Gasteiger partial charge in [0.05, 0.1) is 12.5 Å². The molecule has 29 heavy (non-hydrogen) atoms. The molecule has 6 heteroatoms. The number of likely N-dealkylation sites (tertiary alicyclic amines) is 2. The summed E-state index contributed by atoms with van der Waals surface area (Å²) in [5.41, 5.74) is 1.63. The van der Waals surface area contributed by atoms with Gasteiger partial charge in [-0.2, -0.15) is 0 Å². The van der Waals surface area contributed by atoms with Crippen LogP contribution in [0.5, 0.6) is 5.75 Å². The Morgan fingerprint density at radius 2 is 1.86 bits per heavy atom.